The molecular formula is C14H27ClN2O. The second-order valence-electron chi connectivity index (χ2n) is 6.17. The minimum atomic E-state index is -0.269. The van der Waals surface area contributed by atoms with Gasteiger partial charge < -0.3 is 10.6 Å². The number of halogens is 1. The molecule has 18 heavy (non-hydrogen) atoms. The van der Waals surface area contributed by atoms with Crippen molar-refractivity contribution in [2.75, 3.05) is 13.1 Å². The van der Waals surface area contributed by atoms with Gasteiger partial charge >= 0.3 is 0 Å². The number of amides is 1. The van der Waals surface area contributed by atoms with Gasteiger partial charge in [0.2, 0.25) is 5.91 Å². The van der Waals surface area contributed by atoms with Crippen molar-refractivity contribution in [1.29, 1.82) is 0 Å². The Balaban J connectivity index is 0.00000162. The van der Waals surface area contributed by atoms with Gasteiger partial charge in [0, 0.05) is 6.54 Å². The van der Waals surface area contributed by atoms with Crippen LogP contribution in [0.2, 0.25) is 0 Å². The van der Waals surface area contributed by atoms with Crippen molar-refractivity contribution in [3.8, 4) is 0 Å². The fraction of sp³-hybridized carbons (Fsp3) is 0.929. The molecule has 1 unspecified atom stereocenters. The number of hydrogen-bond acceptors (Lipinski definition) is 2. The SMILES string of the molecule is CCC1(C(=O)NCC2(C)CCCC2)CCCN1.Cl. The number of nitrogens with one attached hydrogen (secondary N) is 2. The summed E-state index contributed by atoms with van der Waals surface area (Å²) in [6.45, 7) is 6.25. The first kappa shape index (κ1) is 15.8. The molecule has 0 aromatic carbocycles. The number of carbonyl (C=O) groups excluding carboxylic acids is 1. The van der Waals surface area contributed by atoms with Crippen LogP contribution in [0.25, 0.3) is 0 Å². The molecule has 2 fully saturated rings. The Morgan fingerprint density at radius 2 is 1.89 bits per heavy atom. The van der Waals surface area contributed by atoms with Crippen LogP contribution in [0.15, 0.2) is 0 Å². The zero-order chi connectivity index (χ0) is 12.4. The van der Waals surface area contributed by atoms with Crippen LogP contribution >= 0.6 is 12.4 Å². The van der Waals surface area contributed by atoms with Crippen molar-refractivity contribution in [2.45, 2.75) is 64.3 Å². The van der Waals surface area contributed by atoms with E-state index in [0.717, 1.165) is 32.4 Å². The summed E-state index contributed by atoms with van der Waals surface area (Å²) in [5, 5.41) is 6.59. The van der Waals surface area contributed by atoms with E-state index in [1.54, 1.807) is 0 Å². The maximum atomic E-state index is 12.3. The first-order chi connectivity index (χ1) is 8.10. The average molecular weight is 275 g/mol. The van der Waals surface area contributed by atoms with Crippen LogP contribution in [0.1, 0.15) is 58.8 Å². The lowest BCUT2D eigenvalue weighted by molar-refractivity contribution is -0.127. The third-order valence-electron chi connectivity index (χ3n) is 4.77. The molecule has 1 saturated heterocycles. The molecule has 4 heteroatoms. The average Bonchev–Trinajstić information content (AvgIpc) is 2.96. The van der Waals surface area contributed by atoms with Gasteiger partial charge in [-0.2, -0.15) is 0 Å². The molecule has 1 saturated carbocycles. The fourth-order valence-corrected chi connectivity index (χ4v) is 3.33. The number of carbonyl (C=O) groups is 1. The Morgan fingerprint density at radius 3 is 2.39 bits per heavy atom. The molecule has 1 heterocycles. The third-order valence-corrected chi connectivity index (χ3v) is 4.77. The van der Waals surface area contributed by atoms with Crippen LogP contribution < -0.4 is 10.6 Å². The van der Waals surface area contributed by atoms with Crippen molar-refractivity contribution < 1.29 is 4.79 Å². The smallest absolute Gasteiger partial charge is 0.240 e. The van der Waals surface area contributed by atoms with Gasteiger partial charge in [0.15, 0.2) is 0 Å². The maximum absolute atomic E-state index is 12.3. The summed E-state index contributed by atoms with van der Waals surface area (Å²) in [6, 6.07) is 0. The van der Waals surface area contributed by atoms with E-state index in [2.05, 4.69) is 24.5 Å². The van der Waals surface area contributed by atoms with E-state index in [4.69, 9.17) is 0 Å². The van der Waals surface area contributed by atoms with Crippen LogP contribution in [-0.2, 0) is 4.79 Å². The summed E-state index contributed by atoms with van der Waals surface area (Å²) in [6.07, 6.45) is 8.19. The van der Waals surface area contributed by atoms with Crippen LogP contribution in [0.5, 0.6) is 0 Å². The van der Waals surface area contributed by atoms with Crippen molar-refractivity contribution in [2.24, 2.45) is 5.41 Å². The highest BCUT2D eigenvalue weighted by atomic mass is 35.5. The highest BCUT2D eigenvalue weighted by Crippen LogP contribution is 2.37. The standard InChI is InChI=1S/C14H26N2O.ClH/c1-3-14(9-6-10-16-14)12(17)15-11-13(2)7-4-5-8-13;/h16H,3-11H2,1-2H3,(H,15,17);1H. The molecule has 3 nitrogen and oxygen atoms in total. The number of rotatable bonds is 4. The predicted octanol–water partition coefficient (Wildman–Crippen LogP) is 2.64. The summed E-state index contributed by atoms with van der Waals surface area (Å²) in [5.41, 5.74) is 0.0815. The largest absolute Gasteiger partial charge is 0.354 e. The summed E-state index contributed by atoms with van der Waals surface area (Å²) in [5.74, 6) is 0.227. The fourth-order valence-electron chi connectivity index (χ4n) is 3.33. The maximum Gasteiger partial charge on any atom is 0.240 e. The normalized spacial score (nSPS) is 29.9. The topological polar surface area (TPSA) is 41.1 Å². The summed E-state index contributed by atoms with van der Waals surface area (Å²) >= 11 is 0. The van der Waals surface area contributed by atoms with Gasteiger partial charge in [-0.1, -0.05) is 26.7 Å². The lowest BCUT2D eigenvalue weighted by Crippen LogP contribution is -2.54. The third kappa shape index (κ3) is 3.18. The minimum Gasteiger partial charge on any atom is -0.354 e. The van der Waals surface area contributed by atoms with Crippen LogP contribution in [0.3, 0.4) is 0 Å². The number of hydrogen-bond donors (Lipinski definition) is 2. The minimum absolute atomic E-state index is 0. The quantitative estimate of drug-likeness (QED) is 0.828. The summed E-state index contributed by atoms with van der Waals surface area (Å²) in [4.78, 5) is 12.3. The lowest BCUT2D eigenvalue weighted by atomic mass is 9.87. The molecule has 2 N–H and O–H groups in total. The molecule has 1 aliphatic heterocycles. The Hall–Kier alpha value is -0.280. The van der Waals surface area contributed by atoms with Crippen molar-refractivity contribution >= 4 is 18.3 Å². The van der Waals surface area contributed by atoms with Gasteiger partial charge in [-0.25, -0.2) is 0 Å². The van der Waals surface area contributed by atoms with E-state index in [-0.39, 0.29) is 23.9 Å². The Morgan fingerprint density at radius 1 is 1.22 bits per heavy atom. The lowest BCUT2D eigenvalue weighted by Gasteiger charge is -2.30. The van der Waals surface area contributed by atoms with E-state index >= 15 is 0 Å². The van der Waals surface area contributed by atoms with Gasteiger partial charge in [0.25, 0.3) is 0 Å². The monoisotopic (exact) mass is 274 g/mol. The van der Waals surface area contributed by atoms with Crippen LogP contribution in [0.4, 0.5) is 0 Å². The molecule has 2 rings (SSSR count). The molecule has 1 aliphatic carbocycles. The second-order valence-corrected chi connectivity index (χ2v) is 6.17. The molecule has 1 amide bonds. The summed E-state index contributed by atoms with van der Waals surface area (Å²) in [7, 11) is 0. The van der Waals surface area contributed by atoms with E-state index in [0.29, 0.717) is 5.41 Å². The Bertz CT molecular complexity index is 282. The van der Waals surface area contributed by atoms with Gasteiger partial charge in [0.05, 0.1) is 5.54 Å². The van der Waals surface area contributed by atoms with Gasteiger partial charge in [0.1, 0.15) is 0 Å². The zero-order valence-corrected chi connectivity index (χ0v) is 12.5. The molecule has 1 atom stereocenters. The Kier molecular flexibility index (Phi) is 5.47. The highest BCUT2D eigenvalue weighted by Gasteiger charge is 2.40. The van der Waals surface area contributed by atoms with Gasteiger partial charge in [-0.3, -0.25) is 4.79 Å². The van der Waals surface area contributed by atoms with Crippen molar-refractivity contribution in [3.05, 3.63) is 0 Å². The van der Waals surface area contributed by atoms with Crippen molar-refractivity contribution in [1.82, 2.24) is 10.6 Å². The first-order valence-electron chi connectivity index (χ1n) is 7.14. The van der Waals surface area contributed by atoms with Gasteiger partial charge in [-0.05, 0) is 44.1 Å². The van der Waals surface area contributed by atoms with E-state index < -0.39 is 0 Å². The van der Waals surface area contributed by atoms with Gasteiger partial charge in [-0.15, -0.1) is 12.4 Å². The van der Waals surface area contributed by atoms with Crippen LogP contribution in [-0.4, -0.2) is 24.5 Å². The summed E-state index contributed by atoms with van der Waals surface area (Å²) < 4.78 is 0. The molecule has 0 bridgehead atoms. The first-order valence-corrected chi connectivity index (χ1v) is 7.14. The molecule has 0 aromatic heterocycles. The van der Waals surface area contributed by atoms with E-state index in [1.807, 2.05) is 0 Å². The molecule has 0 aromatic rings. The predicted molar refractivity (Wildman–Crippen MR) is 77.1 cm³/mol. The van der Waals surface area contributed by atoms with Crippen LogP contribution in [0, 0.1) is 5.41 Å². The van der Waals surface area contributed by atoms with E-state index in [1.165, 1.54) is 25.7 Å². The van der Waals surface area contributed by atoms with Crippen molar-refractivity contribution in [3.63, 3.8) is 0 Å². The Labute approximate surface area is 117 Å². The molecule has 106 valence electrons. The molecule has 2 aliphatic rings. The van der Waals surface area contributed by atoms with E-state index in [9.17, 15) is 4.79 Å². The zero-order valence-electron chi connectivity index (χ0n) is 11.7. The molecule has 0 spiro atoms. The molecular weight excluding hydrogens is 248 g/mol. The highest BCUT2D eigenvalue weighted by molar-refractivity contribution is 5.86. The molecule has 0 radical (unpaired) electrons. The second kappa shape index (κ2) is 6.25.